The summed E-state index contributed by atoms with van der Waals surface area (Å²) in [6.07, 6.45) is -0.0204. The van der Waals surface area contributed by atoms with Crippen LogP contribution in [0.4, 0.5) is 11.4 Å². The van der Waals surface area contributed by atoms with Crippen molar-refractivity contribution in [2.45, 2.75) is 12.5 Å². The summed E-state index contributed by atoms with van der Waals surface area (Å²) in [5, 5.41) is 12.3. The largest absolute Gasteiger partial charge is 0.380 e. The fraction of sp³-hybridized carbons (Fsp3) is 0.462. The number of hydrogen-bond acceptors (Lipinski definition) is 4. The molecule has 1 amide bonds. The summed E-state index contributed by atoms with van der Waals surface area (Å²) in [4.78, 5) is 13.6. The maximum Gasteiger partial charge on any atom is 0.257 e. The van der Waals surface area contributed by atoms with Crippen LogP contribution in [0.25, 0.3) is 0 Å². The van der Waals surface area contributed by atoms with Crippen LogP contribution in [0.5, 0.6) is 0 Å². The van der Waals surface area contributed by atoms with E-state index in [4.69, 9.17) is 4.74 Å². The van der Waals surface area contributed by atoms with Gasteiger partial charge in [-0.1, -0.05) is 6.07 Å². The van der Waals surface area contributed by atoms with Crippen LogP contribution >= 0.6 is 0 Å². The molecule has 1 aromatic rings. The number of nitrogens with zero attached hydrogens (tertiary/aromatic N) is 1. The molecule has 0 spiro atoms. The third kappa shape index (κ3) is 1.95. The zero-order chi connectivity index (χ0) is 12.5. The number of fused-ring (bicyclic) bond motifs is 1. The van der Waals surface area contributed by atoms with Gasteiger partial charge in [-0.15, -0.1) is 0 Å². The molecule has 2 aliphatic rings. The summed E-state index contributed by atoms with van der Waals surface area (Å²) in [5.74, 6) is -0.346. The second kappa shape index (κ2) is 4.59. The quantitative estimate of drug-likeness (QED) is 0.775. The first-order chi connectivity index (χ1) is 8.75. The van der Waals surface area contributed by atoms with Crippen molar-refractivity contribution in [2.24, 2.45) is 0 Å². The van der Waals surface area contributed by atoms with Crippen molar-refractivity contribution in [3.05, 3.63) is 23.8 Å². The van der Waals surface area contributed by atoms with E-state index in [1.54, 1.807) is 0 Å². The molecule has 1 saturated heterocycles. The van der Waals surface area contributed by atoms with Crippen LogP contribution in [0.1, 0.15) is 18.1 Å². The van der Waals surface area contributed by atoms with Gasteiger partial charge in [0, 0.05) is 36.6 Å². The molecule has 0 aliphatic carbocycles. The average Bonchev–Trinajstić information content (AvgIpc) is 2.61. The van der Waals surface area contributed by atoms with Crippen LogP contribution < -0.4 is 10.2 Å². The Kier molecular flexibility index (Phi) is 2.93. The van der Waals surface area contributed by atoms with Gasteiger partial charge >= 0.3 is 0 Å². The fourth-order valence-electron chi connectivity index (χ4n) is 2.43. The van der Waals surface area contributed by atoms with E-state index in [2.05, 4.69) is 10.2 Å². The molecule has 2 N–H and O–H groups in total. The Morgan fingerprint density at radius 1 is 1.33 bits per heavy atom. The molecule has 1 fully saturated rings. The summed E-state index contributed by atoms with van der Waals surface area (Å²) < 4.78 is 5.42. The SMILES string of the molecule is O=C1Nc2cc(N3CCCOCC3)ccc2C1O. The van der Waals surface area contributed by atoms with Gasteiger partial charge in [0.15, 0.2) is 6.10 Å². The average molecular weight is 248 g/mol. The third-order valence-electron chi connectivity index (χ3n) is 3.43. The van der Waals surface area contributed by atoms with Gasteiger partial charge in [-0.25, -0.2) is 0 Å². The van der Waals surface area contributed by atoms with E-state index in [9.17, 15) is 9.90 Å². The number of carbonyl (C=O) groups excluding carboxylic acids is 1. The number of amides is 1. The minimum Gasteiger partial charge on any atom is -0.380 e. The summed E-state index contributed by atoms with van der Waals surface area (Å²) in [6, 6.07) is 5.70. The Balaban J connectivity index is 1.86. The van der Waals surface area contributed by atoms with E-state index >= 15 is 0 Å². The Hall–Kier alpha value is -1.59. The van der Waals surface area contributed by atoms with Crippen molar-refractivity contribution < 1.29 is 14.6 Å². The molecule has 18 heavy (non-hydrogen) atoms. The predicted octanol–water partition coefficient (Wildman–Crippen LogP) is 0.899. The van der Waals surface area contributed by atoms with Crippen LogP contribution in [-0.2, 0) is 9.53 Å². The minimum absolute atomic E-state index is 0.346. The van der Waals surface area contributed by atoms with Crippen molar-refractivity contribution in [3.63, 3.8) is 0 Å². The molecule has 1 unspecified atom stereocenters. The molecular weight excluding hydrogens is 232 g/mol. The first-order valence-corrected chi connectivity index (χ1v) is 6.21. The van der Waals surface area contributed by atoms with Crippen LogP contribution in [-0.4, -0.2) is 37.3 Å². The van der Waals surface area contributed by atoms with Crippen molar-refractivity contribution in [2.75, 3.05) is 36.5 Å². The molecule has 5 nitrogen and oxygen atoms in total. The van der Waals surface area contributed by atoms with Gasteiger partial charge in [0.1, 0.15) is 0 Å². The second-order valence-corrected chi connectivity index (χ2v) is 4.62. The number of aliphatic hydroxyl groups excluding tert-OH is 1. The molecule has 3 rings (SSSR count). The van der Waals surface area contributed by atoms with Gasteiger partial charge in [0.25, 0.3) is 5.91 Å². The van der Waals surface area contributed by atoms with Crippen molar-refractivity contribution in [1.82, 2.24) is 0 Å². The summed E-state index contributed by atoms with van der Waals surface area (Å²) in [5.41, 5.74) is 2.44. The topological polar surface area (TPSA) is 61.8 Å². The third-order valence-corrected chi connectivity index (χ3v) is 3.43. The number of nitrogens with one attached hydrogen (secondary N) is 1. The van der Waals surface area contributed by atoms with Crippen LogP contribution in [0.15, 0.2) is 18.2 Å². The minimum atomic E-state index is -1.03. The number of hydrogen-bond donors (Lipinski definition) is 2. The maximum absolute atomic E-state index is 11.4. The zero-order valence-electron chi connectivity index (χ0n) is 10.1. The molecule has 0 bridgehead atoms. The molecule has 1 atom stereocenters. The number of aliphatic hydroxyl groups is 1. The summed E-state index contributed by atoms with van der Waals surface area (Å²) in [6.45, 7) is 3.34. The Morgan fingerprint density at radius 2 is 2.22 bits per heavy atom. The van der Waals surface area contributed by atoms with Gasteiger partial charge in [-0.2, -0.15) is 0 Å². The van der Waals surface area contributed by atoms with Gasteiger partial charge in [-0.3, -0.25) is 4.79 Å². The van der Waals surface area contributed by atoms with Crippen LogP contribution in [0.2, 0.25) is 0 Å². The smallest absolute Gasteiger partial charge is 0.257 e. The van der Waals surface area contributed by atoms with Crippen LogP contribution in [0.3, 0.4) is 0 Å². The lowest BCUT2D eigenvalue weighted by Gasteiger charge is -2.22. The summed E-state index contributed by atoms with van der Waals surface area (Å²) in [7, 11) is 0. The fourth-order valence-corrected chi connectivity index (χ4v) is 2.43. The van der Waals surface area contributed by atoms with E-state index < -0.39 is 6.10 Å². The Morgan fingerprint density at radius 3 is 3.11 bits per heavy atom. The maximum atomic E-state index is 11.4. The first kappa shape index (κ1) is 11.5. The highest BCUT2D eigenvalue weighted by Gasteiger charge is 2.28. The number of ether oxygens (including phenoxy) is 1. The molecule has 0 saturated carbocycles. The second-order valence-electron chi connectivity index (χ2n) is 4.62. The van der Waals surface area contributed by atoms with Crippen molar-refractivity contribution in [3.8, 4) is 0 Å². The van der Waals surface area contributed by atoms with E-state index in [0.29, 0.717) is 5.56 Å². The molecule has 5 heteroatoms. The lowest BCUT2D eigenvalue weighted by atomic mass is 10.1. The number of carbonyl (C=O) groups is 1. The van der Waals surface area contributed by atoms with E-state index in [1.165, 1.54) is 0 Å². The van der Waals surface area contributed by atoms with Gasteiger partial charge in [0.2, 0.25) is 0 Å². The van der Waals surface area contributed by atoms with E-state index in [1.807, 2.05) is 18.2 Å². The lowest BCUT2D eigenvalue weighted by Crippen LogP contribution is -2.25. The monoisotopic (exact) mass is 248 g/mol. The molecule has 1 aromatic carbocycles. The molecule has 2 aliphatic heterocycles. The molecular formula is C13H16N2O3. The lowest BCUT2D eigenvalue weighted by molar-refractivity contribution is -0.123. The molecule has 2 heterocycles. The summed E-state index contributed by atoms with van der Waals surface area (Å²) >= 11 is 0. The van der Waals surface area contributed by atoms with Crippen molar-refractivity contribution >= 4 is 17.3 Å². The number of anilines is 2. The highest BCUT2D eigenvalue weighted by molar-refractivity contribution is 6.02. The Labute approximate surface area is 105 Å². The van der Waals surface area contributed by atoms with Gasteiger partial charge in [0.05, 0.1) is 6.61 Å². The van der Waals surface area contributed by atoms with E-state index in [-0.39, 0.29) is 5.91 Å². The zero-order valence-corrected chi connectivity index (χ0v) is 10.1. The number of benzene rings is 1. The highest BCUT2D eigenvalue weighted by Crippen LogP contribution is 2.34. The van der Waals surface area contributed by atoms with E-state index in [0.717, 1.165) is 44.1 Å². The standard InChI is InChI=1S/C13H16N2O3/c16-12-10-3-2-9(8-11(10)14-13(12)17)15-4-1-6-18-7-5-15/h2-3,8,12,16H,1,4-7H2,(H,14,17). The predicted molar refractivity (Wildman–Crippen MR) is 67.7 cm³/mol. The first-order valence-electron chi connectivity index (χ1n) is 6.21. The van der Waals surface area contributed by atoms with Gasteiger partial charge in [-0.05, 0) is 18.6 Å². The number of rotatable bonds is 1. The highest BCUT2D eigenvalue weighted by atomic mass is 16.5. The van der Waals surface area contributed by atoms with Crippen molar-refractivity contribution in [1.29, 1.82) is 0 Å². The van der Waals surface area contributed by atoms with Crippen LogP contribution in [0, 0.1) is 0 Å². The van der Waals surface area contributed by atoms with Gasteiger partial charge < -0.3 is 20.1 Å². The Bertz CT molecular complexity index is 467. The molecule has 0 radical (unpaired) electrons. The molecule has 0 aromatic heterocycles. The normalized spacial score (nSPS) is 23.5. The molecule has 96 valence electrons.